The highest BCUT2D eigenvalue weighted by Gasteiger charge is 2.12. The molecule has 0 radical (unpaired) electrons. The number of carbonyl (C=O) groups is 1. The lowest BCUT2D eigenvalue weighted by Gasteiger charge is -2.12. The molecule has 1 aromatic heterocycles. The van der Waals surface area contributed by atoms with E-state index in [-0.39, 0.29) is 5.91 Å². The van der Waals surface area contributed by atoms with Gasteiger partial charge in [-0.05, 0) is 29.8 Å². The van der Waals surface area contributed by atoms with Gasteiger partial charge in [-0.3, -0.25) is 4.79 Å². The minimum atomic E-state index is -0.0176. The van der Waals surface area contributed by atoms with Gasteiger partial charge in [0, 0.05) is 30.5 Å². The van der Waals surface area contributed by atoms with Gasteiger partial charge in [-0.25, -0.2) is 9.97 Å². The number of amides is 1. The van der Waals surface area contributed by atoms with Crippen LogP contribution in [0.15, 0.2) is 78.9 Å². The van der Waals surface area contributed by atoms with Crippen molar-refractivity contribution < 1.29 is 4.79 Å². The highest BCUT2D eigenvalue weighted by Crippen LogP contribution is 2.29. The Hall–Kier alpha value is -3.44. The normalized spacial score (nSPS) is 10.7. The van der Waals surface area contributed by atoms with E-state index in [1.807, 2.05) is 78.9 Å². The highest BCUT2D eigenvalue weighted by atomic mass is 35.5. The number of anilines is 1. The SMILES string of the molecule is O=C(CCNc1nc(-c2ccccc2Cl)nc2ccccc12)NCc1ccccc1. The number of benzene rings is 3. The van der Waals surface area contributed by atoms with Crippen molar-refractivity contribution in [3.63, 3.8) is 0 Å². The fourth-order valence-electron chi connectivity index (χ4n) is 3.15. The van der Waals surface area contributed by atoms with Gasteiger partial charge in [-0.2, -0.15) is 0 Å². The third-order valence-electron chi connectivity index (χ3n) is 4.70. The molecular weight excluding hydrogens is 396 g/mol. The lowest BCUT2D eigenvalue weighted by Crippen LogP contribution is -2.25. The zero-order valence-corrected chi connectivity index (χ0v) is 17.1. The highest BCUT2D eigenvalue weighted by molar-refractivity contribution is 6.33. The van der Waals surface area contributed by atoms with Gasteiger partial charge in [0.1, 0.15) is 5.82 Å². The number of fused-ring (bicyclic) bond motifs is 1. The predicted octanol–water partition coefficient (Wildman–Crippen LogP) is 5.07. The fourth-order valence-corrected chi connectivity index (χ4v) is 3.37. The molecule has 4 rings (SSSR count). The molecule has 0 unspecified atom stereocenters. The first-order valence-corrected chi connectivity index (χ1v) is 10.1. The Balaban J connectivity index is 1.47. The second kappa shape index (κ2) is 9.37. The third-order valence-corrected chi connectivity index (χ3v) is 5.02. The molecule has 3 aromatic carbocycles. The maximum absolute atomic E-state index is 12.2. The van der Waals surface area contributed by atoms with Gasteiger partial charge in [0.2, 0.25) is 5.91 Å². The molecular formula is C24H21ClN4O. The molecule has 0 aliphatic carbocycles. The smallest absolute Gasteiger partial charge is 0.222 e. The average molecular weight is 417 g/mol. The lowest BCUT2D eigenvalue weighted by molar-refractivity contribution is -0.121. The van der Waals surface area contributed by atoms with Crippen molar-refractivity contribution in [2.45, 2.75) is 13.0 Å². The predicted molar refractivity (Wildman–Crippen MR) is 121 cm³/mol. The number of nitrogens with one attached hydrogen (secondary N) is 2. The molecule has 0 saturated heterocycles. The zero-order chi connectivity index (χ0) is 20.8. The van der Waals surface area contributed by atoms with Crippen LogP contribution in [-0.4, -0.2) is 22.4 Å². The molecule has 30 heavy (non-hydrogen) atoms. The molecule has 0 spiro atoms. The molecule has 0 aliphatic rings. The zero-order valence-electron chi connectivity index (χ0n) is 16.3. The first-order chi connectivity index (χ1) is 14.7. The summed E-state index contributed by atoms with van der Waals surface area (Å²) in [6.45, 7) is 0.982. The molecule has 0 saturated carbocycles. The van der Waals surface area contributed by atoms with E-state index in [0.717, 1.165) is 22.0 Å². The molecule has 0 bridgehead atoms. The summed E-state index contributed by atoms with van der Waals surface area (Å²) in [6, 6.07) is 25.1. The molecule has 0 aliphatic heterocycles. The van der Waals surface area contributed by atoms with Crippen LogP contribution in [0.2, 0.25) is 5.02 Å². The molecule has 0 atom stereocenters. The van der Waals surface area contributed by atoms with Crippen molar-refractivity contribution in [2.24, 2.45) is 0 Å². The third kappa shape index (κ3) is 4.75. The van der Waals surface area contributed by atoms with E-state index in [1.54, 1.807) is 0 Å². The maximum atomic E-state index is 12.2. The van der Waals surface area contributed by atoms with Crippen LogP contribution < -0.4 is 10.6 Å². The van der Waals surface area contributed by atoms with E-state index >= 15 is 0 Å². The molecule has 1 amide bonds. The van der Waals surface area contributed by atoms with Crippen LogP contribution in [0.4, 0.5) is 5.82 Å². The number of aromatic nitrogens is 2. The van der Waals surface area contributed by atoms with Crippen LogP contribution in [-0.2, 0) is 11.3 Å². The topological polar surface area (TPSA) is 66.9 Å². The van der Waals surface area contributed by atoms with Crippen molar-refractivity contribution in [1.82, 2.24) is 15.3 Å². The lowest BCUT2D eigenvalue weighted by atomic mass is 10.2. The minimum Gasteiger partial charge on any atom is -0.369 e. The van der Waals surface area contributed by atoms with Crippen LogP contribution in [0.5, 0.6) is 0 Å². The number of hydrogen-bond acceptors (Lipinski definition) is 4. The molecule has 0 fully saturated rings. The van der Waals surface area contributed by atoms with E-state index in [9.17, 15) is 4.79 Å². The molecule has 6 heteroatoms. The quantitative estimate of drug-likeness (QED) is 0.441. The molecule has 150 valence electrons. The van der Waals surface area contributed by atoms with Gasteiger partial charge in [-0.1, -0.05) is 66.2 Å². The van der Waals surface area contributed by atoms with Crippen LogP contribution >= 0.6 is 11.6 Å². The van der Waals surface area contributed by atoms with Gasteiger partial charge in [0.25, 0.3) is 0 Å². The Morgan fingerprint density at radius 1 is 0.867 bits per heavy atom. The Kier molecular flexibility index (Phi) is 6.20. The van der Waals surface area contributed by atoms with Crippen LogP contribution in [0.1, 0.15) is 12.0 Å². The number of halogens is 1. The number of nitrogens with zero attached hydrogens (tertiary/aromatic N) is 2. The van der Waals surface area contributed by atoms with Crippen LogP contribution in [0, 0.1) is 0 Å². The standard InChI is InChI=1S/C24H21ClN4O/c25-20-12-6-4-10-18(20)24-28-21-13-7-5-11-19(21)23(29-24)26-15-14-22(30)27-16-17-8-2-1-3-9-17/h1-13H,14-16H2,(H,27,30)(H,26,28,29). The van der Waals surface area contributed by atoms with Crippen molar-refractivity contribution >= 4 is 34.2 Å². The van der Waals surface area contributed by atoms with E-state index in [0.29, 0.717) is 36.2 Å². The number of rotatable bonds is 7. The van der Waals surface area contributed by atoms with Crippen LogP contribution in [0.3, 0.4) is 0 Å². The Bertz CT molecular complexity index is 1160. The summed E-state index contributed by atoms with van der Waals surface area (Å²) < 4.78 is 0. The fraction of sp³-hybridized carbons (Fsp3) is 0.125. The largest absolute Gasteiger partial charge is 0.369 e. The Labute approximate surface area is 180 Å². The van der Waals surface area contributed by atoms with Crippen molar-refractivity contribution in [1.29, 1.82) is 0 Å². The summed E-state index contributed by atoms with van der Waals surface area (Å²) in [5.41, 5.74) is 2.66. The average Bonchev–Trinajstić information content (AvgIpc) is 2.78. The first kappa shape index (κ1) is 19.9. The minimum absolute atomic E-state index is 0.0176. The van der Waals surface area contributed by atoms with Crippen molar-refractivity contribution in [3.05, 3.63) is 89.4 Å². The maximum Gasteiger partial charge on any atom is 0.222 e. The summed E-state index contributed by atoms with van der Waals surface area (Å²) >= 11 is 6.34. The van der Waals surface area contributed by atoms with Gasteiger partial charge in [0.05, 0.1) is 10.5 Å². The molecule has 2 N–H and O–H groups in total. The first-order valence-electron chi connectivity index (χ1n) is 9.77. The van der Waals surface area contributed by atoms with Gasteiger partial charge < -0.3 is 10.6 Å². The molecule has 4 aromatic rings. The summed E-state index contributed by atoms with van der Waals surface area (Å²) in [6.07, 6.45) is 0.340. The van der Waals surface area contributed by atoms with Gasteiger partial charge in [-0.15, -0.1) is 0 Å². The van der Waals surface area contributed by atoms with Crippen molar-refractivity contribution in [2.75, 3.05) is 11.9 Å². The van der Waals surface area contributed by atoms with Crippen LogP contribution in [0.25, 0.3) is 22.3 Å². The second-order valence-corrected chi connectivity index (χ2v) is 7.24. The monoisotopic (exact) mass is 416 g/mol. The Morgan fingerprint density at radius 3 is 2.43 bits per heavy atom. The van der Waals surface area contributed by atoms with Crippen molar-refractivity contribution in [3.8, 4) is 11.4 Å². The molecule has 5 nitrogen and oxygen atoms in total. The number of para-hydroxylation sites is 1. The Morgan fingerprint density at radius 2 is 1.60 bits per heavy atom. The van der Waals surface area contributed by atoms with Gasteiger partial charge in [0.15, 0.2) is 5.82 Å². The van der Waals surface area contributed by atoms with E-state index in [2.05, 4.69) is 20.6 Å². The number of hydrogen-bond donors (Lipinski definition) is 2. The van der Waals surface area contributed by atoms with E-state index in [4.69, 9.17) is 11.6 Å². The summed E-state index contributed by atoms with van der Waals surface area (Å²) in [5.74, 6) is 1.22. The second-order valence-electron chi connectivity index (χ2n) is 6.83. The summed E-state index contributed by atoms with van der Waals surface area (Å²) in [5, 5.41) is 7.73. The molecule has 1 heterocycles. The van der Waals surface area contributed by atoms with Gasteiger partial charge >= 0.3 is 0 Å². The van der Waals surface area contributed by atoms with E-state index in [1.165, 1.54) is 0 Å². The summed E-state index contributed by atoms with van der Waals surface area (Å²) in [7, 11) is 0. The number of carbonyl (C=O) groups excluding carboxylic acids is 1. The van der Waals surface area contributed by atoms with E-state index < -0.39 is 0 Å². The summed E-state index contributed by atoms with van der Waals surface area (Å²) in [4.78, 5) is 21.5.